The van der Waals surface area contributed by atoms with Crippen LogP contribution >= 0.6 is 11.3 Å². The Morgan fingerprint density at radius 1 is 1.36 bits per heavy atom. The fourth-order valence-corrected chi connectivity index (χ4v) is 4.31. The van der Waals surface area contributed by atoms with Crippen LogP contribution in [0.3, 0.4) is 0 Å². The van der Waals surface area contributed by atoms with Gasteiger partial charge in [-0.05, 0) is 44.1 Å². The molecule has 6 heteroatoms. The number of nitrogens with one attached hydrogen (secondary N) is 1. The van der Waals surface area contributed by atoms with Crippen LogP contribution in [0, 0.1) is 11.8 Å². The van der Waals surface area contributed by atoms with Gasteiger partial charge in [0.15, 0.2) is 0 Å². The summed E-state index contributed by atoms with van der Waals surface area (Å²) in [6.07, 6.45) is 1.74. The first-order valence-corrected chi connectivity index (χ1v) is 10.2. The third-order valence-corrected chi connectivity index (χ3v) is 5.87. The minimum atomic E-state index is -0.116. The predicted octanol–water partition coefficient (Wildman–Crippen LogP) is 3.74. The highest BCUT2D eigenvalue weighted by Crippen LogP contribution is 2.27. The minimum Gasteiger partial charge on any atom is -0.348 e. The average molecular weight is 366 g/mol. The molecule has 0 saturated carbocycles. The van der Waals surface area contributed by atoms with Crippen molar-refractivity contribution < 1.29 is 9.59 Å². The molecule has 0 radical (unpaired) electrons. The number of nitrogens with zero attached hydrogens (tertiary/aromatic N) is 2. The zero-order chi connectivity index (χ0) is 18.4. The number of hydrogen-bond acceptors (Lipinski definition) is 3. The van der Waals surface area contributed by atoms with Crippen LogP contribution in [0.15, 0.2) is 17.5 Å². The Balaban J connectivity index is 2.00. The molecule has 0 spiro atoms. The highest BCUT2D eigenvalue weighted by Gasteiger charge is 2.31. The van der Waals surface area contributed by atoms with Gasteiger partial charge in [0.2, 0.25) is 5.91 Å². The molecule has 1 aliphatic heterocycles. The van der Waals surface area contributed by atoms with E-state index in [4.69, 9.17) is 0 Å². The van der Waals surface area contributed by atoms with Crippen molar-refractivity contribution in [1.29, 1.82) is 0 Å². The smallest absolute Gasteiger partial charge is 0.320 e. The van der Waals surface area contributed by atoms with Gasteiger partial charge in [0.1, 0.15) is 0 Å². The van der Waals surface area contributed by atoms with Gasteiger partial charge in [-0.3, -0.25) is 4.79 Å². The molecule has 2 atom stereocenters. The van der Waals surface area contributed by atoms with Crippen LogP contribution in [-0.4, -0.2) is 47.9 Å². The molecule has 2 rings (SSSR count). The molecule has 1 aromatic rings. The van der Waals surface area contributed by atoms with Gasteiger partial charge in [-0.1, -0.05) is 19.9 Å². The zero-order valence-electron chi connectivity index (χ0n) is 15.8. The van der Waals surface area contributed by atoms with Crippen molar-refractivity contribution in [1.82, 2.24) is 15.1 Å². The summed E-state index contributed by atoms with van der Waals surface area (Å²) < 4.78 is 0. The maximum Gasteiger partial charge on any atom is 0.320 e. The highest BCUT2D eigenvalue weighted by atomic mass is 32.1. The Bertz CT molecular complexity index is 555. The van der Waals surface area contributed by atoms with Crippen LogP contribution in [-0.2, 0) is 4.79 Å². The SMILES string of the molecule is CCN(CC)C(=O)N1CCC[C@H](C(=O)N[C@H](c2cccs2)C(C)C)C1. The maximum atomic E-state index is 12.8. The van der Waals surface area contributed by atoms with E-state index in [2.05, 4.69) is 25.2 Å². The van der Waals surface area contributed by atoms with E-state index in [1.54, 1.807) is 11.3 Å². The molecule has 1 N–H and O–H groups in total. The van der Waals surface area contributed by atoms with Crippen LogP contribution in [0.4, 0.5) is 4.79 Å². The molecule has 25 heavy (non-hydrogen) atoms. The normalized spacial score (nSPS) is 18.9. The molecular weight excluding hydrogens is 334 g/mol. The average Bonchev–Trinajstić information content (AvgIpc) is 3.14. The van der Waals surface area contributed by atoms with Crippen molar-refractivity contribution in [2.24, 2.45) is 11.8 Å². The molecule has 0 bridgehead atoms. The monoisotopic (exact) mass is 365 g/mol. The fourth-order valence-electron chi connectivity index (χ4n) is 3.36. The van der Waals surface area contributed by atoms with E-state index >= 15 is 0 Å². The van der Waals surface area contributed by atoms with Crippen LogP contribution in [0.25, 0.3) is 0 Å². The highest BCUT2D eigenvalue weighted by molar-refractivity contribution is 7.10. The lowest BCUT2D eigenvalue weighted by molar-refractivity contribution is -0.127. The van der Waals surface area contributed by atoms with Crippen molar-refractivity contribution in [3.8, 4) is 0 Å². The maximum absolute atomic E-state index is 12.8. The first-order chi connectivity index (χ1) is 12.0. The summed E-state index contributed by atoms with van der Waals surface area (Å²) in [4.78, 5) is 30.3. The van der Waals surface area contributed by atoms with Crippen LogP contribution in [0.1, 0.15) is 51.5 Å². The molecule has 140 valence electrons. The Hall–Kier alpha value is -1.56. The lowest BCUT2D eigenvalue weighted by Crippen LogP contribution is -2.50. The summed E-state index contributed by atoms with van der Waals surface area (Å²) in [5.41, 5.74) is 0. The first-order valence-electron chi connectivity index (χ1n) is 9.35. The summed E-state index contributed by atoms with van der Waals surface area (Å²) in [5.74, 6) is 0.290. The van der Waals surface area contributed by atoms with Crippen molar-refractivity contribution in [2.45, 2.75) is 46.6 Å². The number of piperidine rings is 1. The largest absolute Gasteiger partial charge is 0.348 e. The third kappa shape index (κ3) is 4.97. The predicted molar refractivity (Wildman–Crippen MR) is 103 cm³/mol. The molecule has 1 fully saturated rings. The van der Waals surface area contributed by atoms with E-state index in [-0.39, 0.29) is 23.9 Å². The van der Waals surface area contributed by atoms with E-state index < -0.39 is 0 Å². The van der Waals surface area contributed by atoms with Gasteiger partial charge in [-0.2, -0.15) is 0 Å². The van der Waals surface area contributed by atoms with E-state index in [0.29, 0.717) is 25.6 Å². The summed E-state index contributed by atoms with van der Waals surface area (Å²) in [6.45, 7) is 10.9. The summed E-state index contributed by atoms with van der Waals surface area (Å²) in [6, 6.07) is 4.20. The lowest BCUT2D eigenvalue weighted by Gasteiger charge is -2.36. The Kier molecular flexibility index (Phi) is 7.29. The second-order valence-electron chi connectivity index (χ2n) is 6.99. The van der Waals surface area contributed by atoms with Gasteiger partial charge >= 0.3 is 6.03 Å². The number of hydrogen-bond donors (Lipinski definition) is 1. The van der Waals surface area contributed by atoms with Gasteiger partial charge in [-0.25, -0.2) is 4.79 Å². The summed E-state index contributed by atoms with van der Waals surface area (Å²) in [5, 5.41) is 5.27. The number of urea groups is 1. The zero-order valence-corrected chi connectivity index (χ0v) is 16.6. The number of carbonyl (C=O) groups excluding carboxylic acids is 2. The standard InChI is InChI=1S/C19H31N3O2S/c1-5-21(6-2)19(24)22-11-7-9-15(13-22)18(23)20-17(14(3)4)16-10-8-12-25-16/h8,10,12,14-15,17H,5-7,9,11,13H2,1-4H3,(H,20,23)/t15-,17-/m0/s1. The number of thiophene rings is 1. The molecule has 0 aromatic carbocycles. The number of rotatable bonds is 6. The lowest BCUT2D eigenvalue weighted by atomic mass is 9.95. The Morgan fingerprint density at radius 2 is 2.08 bits per heavy atom. The van der Waals surface area contributed by atoms with Crippen LogP contribution in [0.5, 0.6) is 0 Å². The van der Waals surface area contributed by atoms with Crippen LogP contribution in [0.2, 0.25) is 0 Å². The summed E-state index contributed by atoms with van der Waals surface area (Å²) in [7, 11) is 0. The number of likely N-dealkylation sites (tertiary alicyclic amines) is 1. The molecule has 1 saturated heterocycles. The van der Waals surface area contributed by atoms with Gasteiger partial charge < -0.3 is 15.1 Å². The molecule has 0 aliphatic carbocycles. The molecule has 5 nitrogen and oxygen atoms in total. The molecular formula is C19H31N3O2S. The topological polar surface area (TPSA) is 52.7 Å². The molecule has 1 aliphatic rings. The first kappa shape index (κ1) is 19.8. The fraction of sp³-hybridized carbons (Fsp3) is 0.684. The second-order valence-corrected chi connectivity index (χ2v) is 7.96. The number of amides is 3. The van der Waals surface area contributed by atoms with Crippen LogP contribution < -0.4 is 5.32 Å². The quantitative estimate of drug-likeness (QED) is 0.835. The Morgan fingerprint density at radius 3 is 2.64 bits per heavy atom. The molecule has 3 amide bonds. The minimum absolute atomic E-state index is 0.0429. The second kappa shape index (κ2) is 9.22. The molecule has 1 aromatic heterocycles. The van der Waals surface area contributed by atoms with Crippen molar-refractivity contribution >= 4 is 23.3 Å². The van der Waals surface area contributed by atoms with Gasteiger partial charge in [0.05, 0.1) is 12.0 Å². The van der Waals surface area contributed by atoms with Gasteiger partial charge in [0.25, 0.3) is 0 Å². The van der Waals surface area contributed by atoms with Gasteiger partial charge in [-0.15, -0.1) is 11.3 Å². The molecule has 0 unspecified atom stereocenters. The van der Waals surface area contributed by atoms with Gasteiger partial charge in [0, 0.05) is 31.1 Å². The Labute approximate surface area is 155 Å². The van der Waals surface area contributed by atoms with E-state index in [1.165, 1.54) is 4.88 Å². The third-order valence-electron chi connectivity index (χ3n) is 4.91. The number of carbonyl (C=O) groups is 2. The van der Waals surface area contributed by atoms with Crippen molar-refractivity contribution in [3.63, 3.8) is 0 Å². The van der Waals surface area contributed by atoms with E-state index in [1.807, 2.05) is 35.1 Å². The van der Waals surface area contributed by atoms with Crippen molar-refractivity contribution in [3.05, 3.63) is 22.4 Å². The summed E-state index contributed by atoms with van der Waals surface area (Å²) >= 11 is 1.68. The van der Waals surface area contributed by atoms with Crippen molar-refractivity contribution in [2.75, 3.05) is 26.2 Å². The molecule has 2 heterocycles. The van der Waals surface area contributed by atoms with E-state index in [0.717, 1.165) is 19.4 Å². The van der Waals surface area contributed by atoms with E-state index in [9.17, 15) is 9.59 Å².